The molecule has 0 radical (unpaired) electrons. The Kier molecular flexibility index (Phi) is 2.70. The molecule has 1 aromatic carbocycles. The van der Waals surface area contributed by atoms with Gasteiger partial charge in [-0.1, -0.05) is 0 Å². The smallest absolute Gasteiger partial charge is 0.201 e. The molecule has 18 heavy (non-hydrogen) atoms. The van der Waals surface area contributed by atoms with E-state index in [1.807, 2.05) is 0 Å². The summed E-state index contributed by atoms with van der Waals surface area (Å²) in [5, 5.41) is 8.92. The molecule has 1 aromatic rings. The highest BCUT2D eigenvalue weighted by Crippen LogP contribution is 2.40. The van der Waals surface area contributed by atoms with Crippen LogP contribution in [0.5, 0.6) is 0 Å². The minimum Gasteiger partial charge on any atom is -0.300 e. The molecular weight excluding hydrogens is 264 g/mol. The molecule has 0 atom stereocenters. The van der Waals surface area contributed by atoms with E-state index >= 15 is 0 Å². The van der Waals surface area contributed by atoms with Crippen molar-refractivity contribution in [3.8, 4) is 6.07 Å². The van der Waals surface area contributed by atoms with Gasteiger partial charge in [-0.15, -0.1) is 0 Å². The first-order valence-corrected chi connectivity index (χ1v) is 6.43. The van der Waals surface area contributed by atoms with E-state index in [9.17, 15) is 22.0 Å². The van der Waals surface area contributed by atoms with Crippen LogP contribution in [-0.4, -0.2) is 18.9 Å². The highest BCUT2D eigenvalue weighted by Gasteiger charge is 2.56. The van der Waals surface area contributed by atoms with E-state index in [1.54, 1.807) is 6.07 Å². The van der Waals surface area contributed by atoms with Gasteiger partial charge < -0.3 is 0 Å². The fourth-order valence-electron chi connectivity index (χ4n) is 1.82. The van der Waals surface area contributed by atoms with Gasteiger partial charge in [0.25, 0.3) is 0 Å². The summed E-state index contributed by atoms with van der Waals surface area (Å²) in [5.41, 5.74) is 0. The maximum Gasteiger partial charge on any atom is 0.201 e. The van der Waals surface area contributed by atoms with Crippen LogP contribution in [0.4, 0.5) is 8.78 Å². The summed E-state index contributed by atoms with van der Waals surface area (Å²) in [4.78, 5) is 10.2. The summed E-state index contributed by atoms with van der Waals surface area (Å²) in [6.45, 7) is 0. The van der Waals surface area contributed by atoms with Crippen LogP contribution < -0.4 is 0 Å². The van der Waals surface area contributed by atoms with Crippen molar-refractivity contribution in [2.45, 2.75) is 22.5 Å². The molecule has 1 saturated carbocycles. The standard InChI is InChI=1S/C11H7F2NO3S/c12-7-1-2-10(9(13)3-7)18(16,17)11(6-14)4-8(15)5-11/h1-3H,4-5H2. The Labute approximate surface area is 102 Å². The third-order valence-electron chi connectivity index (χ3n) is 2.87. The Balaban J connectivity index is 2.56. The number of halogens is 2. The average molecular weight is 271 g/mol. The van der Waals surface area contributed by atoms with E-state index in [0.29, 0.717) is 6.07 Å². The van der Waals surface area contributed by atoms with E-state index in [2.05, 4.69) is 0 Å². The molecule has 0 heterocycles. The minimum absolute atomic E-state index is 0.373. The van der Waals surface area contributed by atoms with Gasteiger partial charge in [-0.2, -0.15) is 5.26 Å². The molecule has 2 rings (SSSR count). The fourth-order valence-corrected chi connectivity index (χ4v) is 3.62. The van der Waals surface area contributed by atoms with Crippen molar-refractivity contribution < 1.29 is 22.0 Å². The lowest BCUT2D eigenvalue weighted by molar-refractivity contribution is -0.124. The van der Waals surface area contributed by atoms with Gasteiger partial charge >= 0.3 is 0 Å². The second-order valence-corrected chi connectivity index (χ2v) is 6.30. The average Bonchev–Trinajstić information content (AvgIpc) is 2.23. The summed E-state index contributed by atoms with van der Waals surface area (Å²) in [5.74, 6) is -2.55. The molecule has 0 amide bonds. The highest BCUT2D eigenvalue weighted by molar-refractivity contribution is 7.93. The van der Waals surface area contributed by atoms with Crippen LogP contribution in [0.1, 0.15) is 12.8 Å². The summed E-state index contributed by atoms with van der Waals surface area (Å²) in [6, 6.07) is 3.54. The van der Waals surface area contributed by atoms with Gasteiger partial charge in [0.1, 0.15) is 22.3 Å². The summed E-state index contributed by atoms with van der Waals surface area (Å²) < 4.78 is 48.5. The molecule has 7 heteroatoms. The topological polar surface area (TPSA) is 75.0 Å². The molecule has 1 fully saturated rings. The number of carbonyl (C=O) groups is 1. The van der Waals surface area contributed by atoms with Gasteiger partial charge in [-0.05, 0) is 12.1 Å². The van der Waals surface area contributed by atoms with Crippen LogP contribution in [0.15, 0.2) is 23.1 Å². The van der Waals surface area contributed by atoms with Crippen molar-refractivity contribution in [1.82, 2.24) is 0 Å². The highest BCUT2D eigenvalue weighted by atomic mass is 32.2. The van der Waals surface area contributed by atoms with E-state index in [-0.39, 0.29) is 5.78 Å². The molecule has 0 aliphatic heterocycles. The van der Waals surface area contributed by atoms with Crippen LogP contribution >= 0.6 is 0 Å². The lowest BCUT2D eigenvalue weighted by Gasteiger charge is -2.32. The number of ketones is 1. The van der Waals surface area contributed by atoms with Gasteiger partial charge in [0.15, 0.2) is 4.75 Å². The molecule has 4 nitrogen and oxygen atoms in total. The largest absolute Gasteiger partial charge is 0.300 e. The van der Waals surface area contributed by atoms with Crippen LogP contribution in [0.3, 0.4) is 0 Å². The van der Waals surface area contributed by atoms with Gasteiger partial charge in [-0.3, -0.25) is 4.79 Å². The number of hydrogen-bond donors (Lipinski definition) is 0. The number of nitriles is 1. The SMILES string of the molecule is N#CC1(S(=O)(=O)c2ccc(F)cc2F)CC(=O)C1. The minimum atomic E-state index is -4.32. The first-order chi connectivity index (χ1) is 8.32. The maximum absolute atomic E-state index is 13.5. The fraction of sp³-hybridized carbons (Fsp3) is 0.273. The first-order valence-electron chi connectivity index (χ1n) is 4.95. The van der Waals surface area contributed by atoms with E-state index in [4.69, 9.17) is 5.26 Å². The van der Waals surface area contributed by atoms with E-state index in [1.165, 1.54) is 0 Å². The third kappa shape index (κ3) is 1.61. The number of hydrogen-bond acceptors (Lipinski definition) is 4. The van der Waals surface area contributed by atoms with Gasteiger partial charge in [0, 0.05) is 18.9 Å². The van der Waals surface area contributed by atoms with Crippen molar-refractivity contribution in [2.75, 3.05) is 0 Å². The number of nitrogens with zero attached hydrogens (tertiary/aromatic N) is 1. The van der Waals surface area contributed by atoms with Crippen molar-refractivity contribution in [2.24, 2.45) is 0 Å². The Hall–Kier alpha value is -1.81. The molecule has 0 saturated heterocycles. The third-order valence-corrected chi connectivity index (χ3v) is 5.19. The Morgan fingerprint density at radius 2 is 1.89 bits per heavy atom. The van der Waals surface area contributed by atoms with Crippen LogP contribution in [-0.2, 0) is 14.6 Å². The van der Waals surface area contributed by atoms with Gasteiger partial charge in [-0.25, -0.2) is 17.2 Å². The summed E-state index contributed by atoms with van der Waals surface area (Å²) in [7, 11) is -4.32. The molecule has 0 N–H and O–H groups in total. The Morgan fingerprint density at radius 1 is 1.28 bits per heavy atom. The van der Waals surface area contributed by atoms with Gasteiger partial charge in [0.2, 0.25) is 9.84 Å². The van der Waals surface area contributed by atoms with E-state index in [0.717, 1.165) is 12.1 Å². The molecule has 0 unspecified atom stereocenters. The first kappa shape index (κ1) is 12.6. The second kappa shape index (κ2) is 3.85. The predicted octanol–water partition coefficient (Wildman–Crippen LogP) is 1.36. The second-order valence-electron chi connectivity index (χ2n) is 4.08. The quantitative estimate of drug-likeness (QED) is 0.761. The number of benzene rings is 1. The van der Waals surface area contributed by atoms with Crippen LogP contribution in [0.25, 0.3) is 0 Å². The number of carbonyl (C=O) groups excluding carboxylic acids is 1. The van der Waals surface area contributed by atoms with Crippen molar-refractivity contribution in [3.05, 3.63) is 29.8 Å². The monoisotopic (exact) mass is 271 g/mol. The molecule has 1 aliphatic carbocycles. The Morgan fingerprint density at radius 3 is 2.33 bits per heavy atom. The molecule has 0 aromatic heterocycles. The summed E-state index contributed by atoms with van der Waals surface area (Å²) >= 11 is 0. The lowest BCUT2D eigenvalue weighted by Crippen LogP contribution is -2.49. The zero-order valence-electron chi connectivity index (χ0n) is 8.98. The van der Waals surface area contributed by atoms with Crippen LogP contribution in [0, 0.1) is 23.0 Å². The normalized spacial score (nSPS) is 17.9. The van der Waals surface area contributed by atoms with Crippen molar-refractivity contribution >= 4 is 15.6 Å². The predicted molar refractivity (Wildman–Crippen MR) is 56.1 cm³/mol. The summed E-state index contributed by atoms with van der Waals surface area (Å²) in [6.07, 6.45) is -0.911. The van der Waals surface area contributed by atoms with E-state index < -0.39 is 44.0 Å². The van der Waals surface area contributed by atoms with Crippen molar-refractivity contribution in [1.29, 1.82) is 5.26 Å². The number of sulfone groups is 1. The maximum atomic E-state index is 13.5. The molecular formula is C11H7F2NO3S. The Bertz CT molecular complexity index is 668. The zero-order chi connectivity index (χ0) is 13.6. The number of rotatable bonds is 2. The van der Waals surface area contributed by atoms with Crippen LogP contribution in [0.2, 0.25) is 0 Å². The van der Waals surface area contributed by atoms with Crippen molar-refractivity contribution in [3.63, 3.8) is 0 Å². The molecule has 0 spiro atoms. The lowest BCUT2D eigenvalue weighted by atomic mass is 9.84. The molecule has 1 aliphatic rings. The number of Topliss-reactive ketones (excluding diaryl/α,β-unsaturated/α-hetero) is 1. The molecule has 94 valence electrons. The molecule has 0 bridgehead atoms. The zero-order valence-corrected chi connectivity index (χ0v) is 9.80. The van der Waals surface area contributed by atoms with Gasteiger partial charge in [0.05, 0.1) is 6.07 Å².